The van der Waals surface area contributed by atoms with E-state index in [4.69, 9.17) is 4.74 Å². The van der Waals surface area contributed by atoms with Gasteiger partial charge in [-0.2, -0.15) is 0 Å². The van der Waals surface area contributed by atoms with Crippen molar-refractivity contribution in [2.24, 2.45) is 0 Å². The van der Waals surface area contributed by atoms with Crippen molar-refractivity contribution < 1.29 is 14.3 Å². The van der Waals surface area contributed by atoms with Crippen LogP contribution in [0.3, 0.4) is 0 Å². The molecule has 0 aliphatic carbocycles. The van der Waals surface area contributed by atoms with E-state index in [0.29, 0.717) is 12.2 Å². The Morgan fingerprint density at radius 2 is 1.92 bits per heavy atom. The second-order valence-corrected chi connectivity index (χ2v) is 6.13. The van der Waals surface area contributed by atoms with Gasteiger partial charge in [-0.3, -0.25) is 20.4 Å². The van der Waals surface area contributed by atoms with Crippen molar-refractivity contribution in [3.05, 3.63) is 59.2 Å². The number of hydrazine groups is 1. The molecule has 1 atom stereocenters. The number of rotatable bonds is 4. The van der Waals surface area contributed by atoms with Gasteiger partial charge in [0.25, 0.3) is 11.8 Å². The molecule has 2 aromatic rings. The molecule has 0 bridgehead atoms. The van der Waals surface area contributed by atoms with Crippen LogP contribution in [0.15, 0.2) is 42.5 Å². The molecule has 1 aliphatic heterocycles. The summed E-state index contributed by atoms with van der Waals surface area (Å²) in [5.74, 6) is 0.0189. The Morgan fingerprint density at radius 1 is 1.12 bits per heavy atom. The second-order valence-electron chi connectivity index (χ2n) is 6.13. The molecule has 130 valence electrons. The SMILES string of the molecule is Cc1ccc(NCC(=O)NNC(=O)[C@@H]2Cc3ccccc3O2)c(C)c1. The van der Waals surface area contributed by atoms with Crippen LogP contribution < -0.4 is 20.9 Å². The highest BCUT2D eigenvalue weighted by Gasteiger charge is 2.28. The maximum atomic E-state index is 12.1. The highest BCUT2D eigenvalue weighted by Crippen LogP contribution is 2.27. The molecular formula is C19H21N3O3. The number of hydrogen-bond acceptors (Lipinski definition) is 4. The molecule has 2 amide bonds. The molecule has 1 aliphatic rings. The van der Waals surface area contributed by atoms with E-state index in [2.05, 4.69) is 16.2 Å². The summed E-state index contributed by atoms with van der Waals surface area (Å²) in [6.07, 6.45) is -0.122. The summed E-state index contributed by atoms with van der Waals surface area (Å²) >= 11 is 0. The lowest BCUT2D eigenvalue weighted by atomic mass is 10.1. The first-order valence-electron chi connectivity index (χ1n) is 8.17. The van der Waals surface area contributed by atoms with Crippen LogP contribution in [0, 0.1) is 13.8 Å². The van der Waals surface area contributed by atoms with E-state index in [9.17, 15) is 9.59 Å². The smallest absolute Gasteiger partial charge is 0.279 e. The number of para-hydroxylation sites is 1. The van der Waals surface area contributed by atoms with Gasteiger partial charge in [0.2, 0.25) is 0 Å². The van der Waals surface area contributed by atoms with Crippen molar-refractivity contribution in [3.8, 4) is 5.75 Å². The Labute approximate surface area is 146 Å². The lowest BCUT2D eigenvalue weighted by Gasteiger charge is -2.13. The van der Waals surface area contributed by atoms with E-state index in [1.165, 1.54) is 0 Å². The minimum Gasteiger partial charge on any atom is -0.480 e. The van der Waals surface area contributed by atoms with Gasteiger partial charge in [-0.25, -0.2) is 0 Å². The molecule has 6 heteroatoms. The molecule has 0 spiro atoms. The van der Waals surface area contributed by atoms with Gasteiger partial charge >= 0.3 is 0 Å². The monoisotopic (exact) mass is 339 g/mol. The van der Waals surface area contributed by atoms with Gasteiger partial charge in [-0.05, 0) is 37.1 Å². The van der Waals surface area contributed by atoms with Crippen molar-refractivity contribution in [3.63, 3.8) is 0 Å². The summed E-state index contributed by atoms with van der Waals surface area (Å²) in [5.41, 5.74) is 8.93. The fraction of sp³-hybridized carbons (Fsp3) is 0.263. The third-order valence-electron chi connectivity index (χ3n) is 4.09. The minimum absolute atomic E-state index is 0.0654. The highest BCUT2D eigenvalue weighted by molar-refractivity contribution is 5.87. The Bertz CT molecular complexity index is 779. The lowest BCUT2D eigenvalue weighted by molar-refractivity contribution is -0.132. The molecule has 0 saturated carbocycles. The first-order valence-corrected chi connectivity index (χ1v) is 8.17. The van der Waals surface area contributed by atoms with Crippen molar-refractivity contribution in [1.29, 1.82) is 0 Å². The summed E-state index contributed by atoms with van der Waals surface area (Å²) in [4.78, 5) is 24.0. The maximum absolute atomic E-state index is 12.1. The normalized spacial score (nSPS) is 15.0. The van der Waals surface area contributed by atoms with Gasteiger partial charge in [0, 0.05) is 12.1 Å². The molecule has 3 N–H and O–H groups in total. The Morgan fingerprint density at radius 3 is 2.68 bits per heavy atom. The number of hydrogen-bond donors (Lipinski definition) is 3. The van der Waals surface area contributed by atoms with Crippen LogP contribution in [-0.4, -0.2) is 24.5 Å². The number of benzene rings is 2. The summed E-state index contributed by atoms with van der Waals surface area (Å²) in [5, 5.41) is 3.05. The van der Waals surface area contributed by atoms with Crippen molar-refractivity contribution in [1.82, 2.24) is 10.9 Å². The quantitative estimate of drug-likeness (QED) is 0.743. The first kappa shape index (κ1) is 16.8. The second kappa shape index (κ2) is 7.25. The predicted molar refractivity (Wildman–Crippen MR) is 95.3 cm³/mol. The summed E-state index contributed by atoms with van der Waals surface area (Å²) in [6.45, 7) is 4.06. The molecule has 1 heterocycles. The fourth-order valence-electron chi connectivity index (χ4n) is 2.77. The lowest BCUT2D eigenvalue weighted by Crippen LogP contribution is -2.49. The number of amides is 2. The minimum atomic E-state index is -0.620. The fourth-order valence-corrected chi connectivity index (χ4v) is 2.77. The zero-order valence-corrected chi connectivity index (χ0v) is 14.3. The van der Waals surface area contributed by atoms with E-state index in [1.54, 1.807) is 0 Å². The zero-order valence-electron chi connectivity index (χ0n) is 14.3. The molecule has 2 aromatic carbocycles. The van der Waals surface area contributed by atoms with Gasteiger partial charge in [0.05, 0.1) is 6.54 Å². The van der Waals surface area contributed by atoms with Gasteiger partial charge in [-0.15, -0.1) is 0 Å². The summed E-state index contributed by atoms with van der Waals surface area (Å²) in [7, 11) is 0. The van der Waals surface area contributed by atoms with Crippen molar-refractivity contribution in [2.45, 2.75) is 26.4 Å². The number of fused-ring (bicyclic) bond motifs is 1. The number of nitrogens with one attached hydrogen (secondary N) is 3. The topological polar surface area (TPSA) is 79.5 Å². The van der Waals surface area contributed by atoms with E-state index >= 15 is 0 Å². The van der Waals surface area contributed by atoms with Gasteiger partial charge < -0.3 is 10.1 Å². The standard InChI is InChI=1S/C19H21N3O3/c1-12-7-8-15(13(2)9-12)20-11-18(23)21-22-19(24)17-10-14-5-3-4-6-16(14)25-17/h3-9,17,20H,10-11H2,1-2H3,(H,21,23)(H,22,24)/t17-/m0/s1. The van der Waals surface area contributed by atoms with E-state index in [-0.39, 0.29) is 18.4 Å². The Hall–Kier alpha value is -3.02. The highest BCUT2D eigenvalue weighted by atomic mass is 16.5. The number of carbonyl (C=O) groups excluding carboxylic acids is 2. The molecule has 25 heavy (non-hydrogen) atoms. The largest absolute Gasteiger partial charge is 0.480 e. The first-order chi connectivity index (χ1) is 12.0. The summed E-state index contributed by atoms with van der Waals surface area (Å²) in [6, 6.07) is 13.5. The summed E-state index contributed by atoms with van der Waals surface area (Å²) < 4.78 is 5.58. The van der Waals surface area contributed by atoms with E-state index in [0.717, 1.165) is 22.4 Å². The number of aryl methyl sites for hydroxylation is 2. The molecule has 0 saturated heterocycles. The molecule has 0 aromatic heterocycles. The van der Waals surface area contributed by atoms with Crippen molar-refractivity contribution >= 4 is 17.5 Å². The molecule has 6 nitrogen and oxygen atoms in total. The van der Waals surface area contributed by atoms with Gasteiger partial charge in [0.15, 0.2) is 6.10 Å². The van der Waals surface area contributed by atoms with Crippen LogP contribution in [-0.2, 0) is 16.0 Å². The third-order valence-corrected chi connectivity index (χ3v) is 4.09. The van der Waals surface area contributed by atoms with Crippen LogP contribution in [0.1, 0.15) is 16.7 Å². The molecule has 3 rings (SSSR count). The number of anilines is 1. The molecule has 0 unspecified atom stereocenters. The Balaban J connectivity index is 1.44. The van der Waals surface area contributed by atoms with E-state index in [1.807, 2.05) is 56.3 Å². The maximum Gasteiger partial charge on any atom is 0.279 e. The van der Waals surface area contributed by atoms with Crippen LogP contribution in [0.25, 0.3) is 0 Å². The van der Waals surface area contributed by atoms with Crippen LogP contribution in [0.5, 0.6) is 5.75 Å². The number of carbonyl (C=O) groups is 2. The van der Waals surface area contributed by atoms with Crippen LogP contribution >= 0.6 is 0 Å². The molecule has 0 radical (unpaired) electrons. The van der Waals surface area contributed by atoms with Crippen molar-refractivity contribution in [2.75, 3.05) is 11.9 Å². The van der Waals surface area contributed by atoms with Crippen LogP contribution in [0.4, 0.5) is 5.69 Å². The molecule has 0 fully saturated rings. The average Bonchev–Trinajstić information content (AvgIpc) is 3.03. The van der Waals surface area contributed by atoms with Crippen LogP contribution in [0.2, 0.25) is 0 Å². The predicted octanol–water partition coefficient (Wildman–Crippen LogP) is 1.87. The number of ether oxygens (including phenoxy) is 1. The zero-order chi connectivity index (χ0) is 17.8. The third kappa shape index (κ3) is 4.09. The Kier molecular flexibility index (Phi) is 4.88. The molecular weight excluding hydrogens is 318 g/mol. The van der Waals surface area contributed by atoms with E-state index < -0.39 is 6.10 Å². The van der Waals surface area contributed by atoms with Gasteiger partial charge in [-0.1, -0.05) is 35.9 Å². The van der Waals surface area contributed by atoms with Gasteiger partial charge in [0.1, 0.15) is 5.75 Å². The average molecular weight is 339 g/mol.